The highest BCUT2D eigenvalue weighted by Gasteiger charge is 2.19. The molecule has 0 amide bonds. The predicted octanol–water partition coefficient (Wildman–Crippen LogP) is 4.84. The topological polar surface area (TPSA) is 38.9 Å². The van der Waals surface area contributed by atoms with Gasteiger partial charge in [0.1, 0.15) is 5.82 Å². The van der Waals surface area contributed by atoms with Gasteiger partial charge in [-0.25, -0.2) is 4.39 Å². The SMILES string of the molecule is NC(c1ccc(Br)c(Cl)c1F)c1cccc2cccnc12. The van der Waals surface area contributed by atoms with Gasteiger partial charge in [0.25, 0.3) is 0 Å². The largest absolute Gasteiger partial charge is 0.320 e. The van der Waals surface area contributed by atoms with E-state index in [1.165, 1.54) is 0 Å². The van der Waals surface area contributed by atoms with E-state index >= 15 is 0 Å². The van der Waals surface area contributed by atoms with Crippen molar-refractivity contribution in [2.75, 3.05) is 0 Å². The standard InChI is InChI=1S/C16H11BrClFN2/c17-12-7-6-10(14(19)13(12)18)15(20)11-5-1-3-9-4-2-8-21-16(9)11/h1-8,15H,20H2. The van der Waals surface area contributed by atoms with Crippen molar-refractivity contribution in [3.63, 3.8) is 0 Å². The summed E-state index contributed by atoms with van der Waals surface area (Å²) in [6.45, 7) is 0. The first-order valence-electron chi connectivity index (χ1n) is 6.32. The number of aromatic nitrogens is 1. The molecule has 1 unspecified atom stereocenters. The van der Waals surface area contributed by atoms with Gasteiger partial charge in [0.05, 0.1) is 16.6 Å². The quantitative estimate of drug-likeness (QED) is 0.660. The number of fused-ring (bicyclic) bond motifs is 1. The maximum Gasteiger partial charge on any atom is 0.148 e. The number of rotatable bonds is 2. The third-order valence-electron chi connectivity index (χ3n) is 3.40. The summed E-state index contributed by atoms with van der Waals surface area (Å²) in [6, 6.07) is 12.2. The van der Waals surface area contributed by atoms with Gasteiger partial charge in [-0.05, 0) is 33.6 Å². The van der Waals surface area contributed by atoms with Gasteiger partial charge in [-0.1, -0.05) is 41.9 Å². The lowest BCUT2D eigenvalue weighted by Gasteiger charge is -2.16. The molecule has 2 nitrogen and oxygen atoms in total. The number of nitrogens with zero attached hydrogens (tertiary/aromatic N) is 1. The third-order valence-corrected chi connectivity index (χ3v) is 4.66. The van der Waals surface area contributed by atoms with Crippen LogP contribution < -0.4 is 5.73 Å². The molecule has 1 heterocycles. The average Bonchev–Trinajstić information content (AvgIpc) is 2.51. The fourth-order valence-electron chi connectivity index (χ4n) is 2.33. The second kappa shape index (κ2) is 5.72. The fraction of sp³-hybridized carbons (Fsp3) is 0.0625. The Morgan fingerprint density at radius 1 is 1.10 bits per heavy atom. The van der Waals surface area contributed by atoms with Crippen molar-refractivity contribution in [3.8, 4) is 0 Å². The Morgan fingerprint density at radius 2 is 1.86 bits per heavy atom. The van der Waals surface area contributed by atoms with Gasteiger partial charge in [0, 0.05) is 21.6 Å². The summed E-state index contributed by atoms with van der Waals surface area (Å²) in [5, 5.41) is 1.00. The molecule has 0 saturated heterocycles. The van der Waals surface area contributed by atoms with Crippen molar-refractivity contribution >= 4 is 38.4 Å². The van der Waals surface area contributed by atoms with Crippen molar-refractivity contribution in [1.29, 1.82) is 0 Å². The molecule has 21 heavy (non-hydrogen) atoms. The molecule has 0 aliphatic carbocycles. The van der Waals surface area contributed by atoms with Crippen LogP contribution in [-0.2, 0) is 0 Å². The summed E-state index contributed by atoms with van der Waals surface area (Å²) >= 11 is 9.14. The summed E-state index contributed by atoms with van der Waals surface area (Å²) in [6.07, 6.45) is 1.70. The number of pyridine rings is 1. The van der Waals surface area contributed by atoms with Crippen LogP contribution in [0, 0.1) is 5.82 Å². The highest BCUT2D eigenvalue weighted by molar-refractivity contribution is 9.10. The molecule has 0 aliphatic heterocycles. The van der Waals surface area contributed by atoms with E-state index < -0.39 is 11.9 Å². The van der Waals surface area contributed by atoms with Gasteiger partial charge in [-0.2, -0.15) is 0 Å². The van der Waals surface area contributed by atoms with Crippen LogP contribution in [-0.4, -0.2) is 4.98 Å². The summed E-state index contributed by atoms with van der Waals surface area (Å²) in [5.74, 6) is -0.508. The normalized spacial score (nSPS) is 12.6. The van der Waals surface area contributed by atoms with Crippen LogP contribution in [0.1, 0.15) is 17.2 Å². The van der Waals surface area contributed by atoms with E-state index in [0.717, 1.165) is 16.5 Å². The minimum Gasteiger partial charge on any atom is -0.320 e. The van der Waals surface area contributed by atoms with Crippen LogP contribution in [0.25, 0.3) is 10.9 Å². The fourth-order valence-corrected chi connectivity index (χ4v) is 2.81. The highest BCUT2D eigenvalue weighted by atomic mass is 79.9. The number of hydrogen-bond acceptors (Lipinski definition) is 2. The zero-order valence-corrected chi connectivity index (χ0v) is 13.2. The Bertz CT molecular complexity index is 817. The molecule has 0 fully saturated rings. The molecular formula is C16H11BrClFN2. The predicted molar refractivity (Wildman–Crippen MR) is 86.9 cm³/mol. The molecular weight excluding hydrogens is 355 g/mol. The van der Waals surface area contributed by atoms with E-state index in [4.69, 9.17) is 17.3 Å². The number of benzene rings is 2. The molecule has 3 aromatic rings. The van der Waals surface area contributed by atoms with Gasteiger partial charge in [0.15, 0.2) is 0 Å². The Labute approximate surface area is 134 Å². The Morgan fingerprint density at radius 3 is 2.67 bits per heavy atom. The zero-order chi connectivity index (χ0) is 15.0. The van der Waals surface area contributed by atoms with Gasteiger partial charge in [-0.15, -0.1) is 0 Å². The van der Waals surface area contributed by atoms with Crippen LogP contribution in [0.3, 0.4) is 0 Å². The highest BCUT2D eigenvalue weighted by Crippen LogP contribution is 2.33. The molecule has 0 bridgehead atoms. The molecule has 1 atom stereocenters. The van der Waals surface area contributed by atoms with E-state index in [9.17, 15) is 4.39 Å². The lowest BCUT2D eigenvalue weighted by atomic mass is 9.96. The van der Waals surface area contributed by atoms with Crippen molar-refractivity contribution in [2.24, 2.45) is 5.73 Å². The molecule has 2 aromatic carbocycles. The van der Waals surface area contributed by atoms with Gasteiger partial charge >= 0.3 is 0 Å². The van der Waals surface area contributed by atoms with Crippen molar-refractivity contribution in [1.82, 2.24) is 4.98 Å². The maximum atomic E-state index is 14.3. The van der Waals surface area contributed by atoms with E-state index in [1.807, 2.05) is 30.3 Å². The Kier molecular flexibility index (Phi) is 3.93. The first kappa shape index (κ1) is 14.4. The van der Waals surface area contributed by atoms with Crippen molar-refractivity contribution in [2.45, 2.75) is 6.04 Å². The van der Waals surface area contributed by atoms with E-state index in [1.54, 1.807) is 18.3 Å². The van der Waals surface area contributed by atoms with Crippen molar-refractivity contribution < 1.29 is 4.39 Å². The monoisotopic (exact) mass is 364 g/mol. The van der Waals surface area contributed by atoms with Crippen LogP contribution in [0.2, 0.25) is 5.02 Å². The first-order valence-corrected chi connectivity index (χ1v) is 7.49. The van der Waals surface area contributed by atoms with E-state index in [-0.39, 0.29) is 5.02 Å². The maximum absolute atomic E-state index is 14.3. The lowest BCUT2D eigenvalue weighted by Crippen LogP contribution is -2.14. The Balaban J connectivity index is 2.17. The summed E-state index contributed by atoms with van der Waals surface area (Å²) in [4.78, 5) is 4.35. The molecule has 0 radical (unpaired) electrons. The molecule has 0 saturated carbocycles. The second-order valence-corrected chi connectivity index (χ2v) is 5.90. The van der Waals surface area contributed by atoms with Crippen molar-refractivity contribution in [3.05, 3.63) is 75.1 Å². The number of nitrogens with two attached hydrogens (primary N) is 1. The minimum absolute atomic E-state index is 0.0381. The van der Waals surface area contributed by atoms with Crippen LogP contribution in [0.4, 0.5) is 4.39 Å². The molecule has 0 spiro atoms. The first-order chi connectivity index (χ1) is 10.1. The molecule has 2 N–H and O–H groups in total. The minimum atomic E-state index is -0.630. The molecule has 5 heteroatoms. The van der Waals surface area contributed by atoms with Crippen LogP contribution in [0.5, 0.6) is 0 Å². The van der Waals surface area contributed by atoms with E-state index in [0.29, 0.717) is 10.0 Å². The van der Waals surface area contributed by atoms with Gasteiger partial charge in [-0.3, -0.25) is 4.98 Å². The van der Waals surface area contributed by atoms with Gasteiger partial charge < -0.3 is 5.73 Å². The smallest absolute Gasteiger partial charge is 0.148 e. The number of hydrogen-bond donors (Lipinski definition) is 1. The molecule has 106 valence electrons. The zero-order valence-electron chi connectivity index (χ0n) is 10.9. The van der Waals surface area contributed by atoms with Gasteiger partial charge in [0.2, 0.25) is 0 Å². The lowest BCUT2D eigenvalue weighted by molar-refractivity contribution is 0.599. The summed E-state index contributed by atoms with van der Waals surface area (Å²) < 4.78 is 14.8. The Hall–Kier alpha value is -1.49. The molecule has 3 rings (SSSR count). The number of halogens is 3. The molecule has 0 aliphatic rings. The third kappa shape index (κ3) is 2.55. The van der Waals surface area contributed by atoms with E-state index in [2.05, 4.69) is 20.9 Å². The average molecular weight is 366 g/mol. The van der Waals surface area contributed by atoms with Crippen LogP contribution >= 0.6 is 27.5 Å². The summed E-state index contributed by atoms with van der Waals surface area (Å²) in [5.41, 5.74) is 8.13. The number of para-hydroxylation sites is 1. The second-order valence-electron chi connectivity index (χ2n) is 4.66. The molecule has 1 aromatic heterocycles. The summed E-state index contributed by atoms with van der Waals surface area (Å²) in [7, 11) is 0. The van der Waals surface area contributed by atoms with Crippen LogP contribution in [0.15, 0.2) is 53.1 Å².